The summed E-state index contributed by atoms with van der Waals surface area (Å²) in [4.78, 5) is 23.1. The Hall–Kier alpha value is -2.88. The lowest BCUT2D eigenvalue weighted by Crippen LogP contribution is -1.98. The molecular weight excluding hydrogens is 256 g/mol. The molecule has 1 aromatic heterocycles. The Bertz CT molecular complexity index is 800. The Balaban J connectivity index is 2.05. The van der Waals surface area contributed by atoms with Gasteiger partial charge in [-0.25, -0.2) is 4.79 Å². The third-order valence-corrected chi connectivity index (χ3v) is 3.02. The van der Waals surface area contributed by atoms with E-state index < -0.39 is 5.97 Å². The van der Waals surface area contributed by atoms with Gasteiger partial charge in [-0.3, -0.25) is 4.79 Å². The van der Waals surface area contributed by atoms with Crippen molar-refractivity contribution in [1.82, 2.24) is 0 Å². The van der Waals surface area contributed by atoms with Crippen molar-refractivity contribution in [1.29, 1.82) is 0 Å². The van der Waals surface area contributed by atoms with Crippen LogP contribution >= 0.6 is 0 Å². The average molecular weight is 266 g/mol. The zero-order valence-corrected chi connectivity index (χ0v) is 10.4. The van der Waals surface area contributed by atoms with Gasteiger partial charge >= 0.3 is 5.97 Å². The van der Waals surface area contributed by atoms with Crippen molar-refractivity contribution < 1.29 is 19.1 Å². The smallest absolute Gasteiger partial charge is 0.335 e. The number of rotatable bonds is 3. The predicted octanol–water partition coefficient (Wildman–Crippen LogP) is 3.36. The SMILES string of the molecule is O=C(O)c1ccc2oc(C(=O)c3ccccc3)cc2c1. The molecule has 0 aliphatic carbocycles. The third-order valence-electron chi connectivity index (χ3n) is 3.02. The van der Waals surface area contributed by atoms with Crippen molar-refractivity contribution in [3.05, 3.63) is 71.5 Å². The minimum absolute atomic E-state index is 0.164. The van der Waals surface area contributed by atoms with Gasteiger partial charge in [0.1, 0.15) is 5.58 Å². The molecule has 0 spiro atoms. The number of fused-ring (bicyclic) bond motifs is 1. The summed E-state index contributed by atoms with van der Waals surface area (Å²) in [6.07, 6.45) is 0. The van der Waals surface area contributed by atoms with Gasteiger partial charge in [-0.2, -0.15) is 0 Å². The van der Waals surface area contributed by atoms with E-state index in [9.17, 15) is 9.59 Å². The van der Waals surface area contributed by atoms with Crippen molar-refractivity contribution >= 4 is 22.7 Å². The highest BCUT2D eigenvalue weighted by molar-refractivity contribution is 6.09. The monoisotopic (exact) mass is 266 g/mol. The highest BCUT2D eigenvalue weighted by Crippen LogP contribution is 2.22. The molecule has 0 radical (unpaired) electrons. The summed E-state index contributed by atoms with van der Waals surface area (Å²) in [5.41, 5.74) is 1.19. The molecule has 0 saturated carbocycles. The molecular formula is C16H10O4. The lowest BCUT2D eigenvalue weighted by Gasteiger charge is -1.95. The average Bonchev–Trinajstić information content (AvgIpc) is 2.90. The molecule has 3 aromatic rings. The van der Waals surface area contributed by atoms with E-state index in [1.165, 1.54) is 12.1 Å². The van der Waals surface area contributed by atoms with E-state index in [4.69, 9.17) is 9.52 Å². The van der Waals surface area contributed by atoms with E-state index in [0.29, 0.717) is 16.5 Å². The van der Waals surface area contributed by atoms with Crippen molar-refractivity contribution in [3.8, 4) is 0 Å². The quantitative estimate of drug-likeness (QED) is 0.738. The zero-order chi connectivity index (χ0) is 14.1. The molecule has 2 aromatic carbocycles. The fraction of sp³-hybridized carbons (Fsp3) is 0. The number of carbonyl (C=O) groups is 2. The van der Waals surface area contributed by atoms with Crippen molar-refractivity contribution in [2.45, 2.75) is 0 Å². The lowest BCUT2D eigenvalue weighted by atomic mass is 10.1. The molecule has 0 unspecified atom stereocenters. The van der Waals surface area contributed by atoms with Gasteiger partial charge in [0.2, 0.25) is 5.78 Å². The summed E-state index contributed by atoms with van der Waals surface area (Å²) >= 11 is 0. The van der Waals surface area contributed by atoms with Crippen LogP contribution in [0.5, 0.6) is 0 Å². The molecule has 1 heterocycles. The summed E-state index contributed by atoms with van der Waals surface area (Å²) < 4.78 is 5.48. The van der Waals surface area contributed by atoms with Gasteiger partial charge in [0, 0.05) is 10.9 Å². The van der Waals surface area contributed by atoms with E-state index >= 15 is 0 Å². The van der Waals surface area contributed by atoms with Crippen LogP contribution in [0.1, 0.15) is 26.5 Å². The van der Waals surface area contributed by atoms with Crippen LogP contribution in [0.15, 0.2) is 59.0 Å². The summed E-state index contributed by atoms with van der Waals surface area (Å²) in [6.45, 7) is 0. The first-order valence-electron chi connectivity index (χ1n) is 6.02. The zero-order valence-electron chi connectivity index (χ0n) is 10.4. The maximum atomic E-state index is 12.2. The molecule has 3 rings (SSSR count). The van der Waals surface area contributed by atoms with Crippen molar-refractivity contribution in [2.75, 3.05) is 0 Å². The Labute approximate surface area is 114 Å². The van der Waals surface area contributed by atoms with Gasteiger partial charge in [-0.05, 0) is 24.3 Å². The van der Waals surface area contributed by atoms with Crippen LogP contribution in [-0.4, -0.2) is 16.9 Å². The second kappa shape index (κ2) is 4.66. The van der Waals surface area contributed by atoms with Crippen molar-refractivity contribution in [3.63, 3.8) is 0 Å². The Morgan fingerprint density at radius 3 is 2.35 bits per heavy atom. The van der Waals surface area contributed by atoms with Crippen LogP contribution in [0.25, 0.3) is 11.0 Å². The number of ketones is 1. The molecule has 4 heteroatoms. The fourth-order valence-corrected chi connectivity index (χ4v) is 2.02. The number of aromatic carboxylic acids is 1. The van der Waals surface area contributed by atoms with Gasteiger partial charge in [0.25, 0.3) is 0 Å². The third kappa shape index (κ3) is 2.07. The van der Waals surface area contributed by atoms with Gasteiger partial charge in [0.05, 0.1) is 5.56 Å². The van der Waals surface area contributed by atoms with Crippen LogP contribution in [0.2, 0.25) is 0 Å². The lowest BCUT2D eigenvalue weighted by molar-refractivity contribution is 0.0697. The van der Waals surface area contributed by atoms with Crippen LogP contribution in [-0.2, 0) is 0 Å². The molecule has 0 amide bonds. The fourth-order valence-electron chi connectivity index (χ4n) is 2.02. The number of furan rings is 1. The molecule has 0 bridgehead atoms. The molecule has 0 atom stereocenters. The van der Waals surface area contributed by atoms with Crippen LogP contribution in [0, 0.1) is 0 Å². The number of carboxylic acid groups (broad SMARTS) is 1. The van der Waals surface area contributed by atoms with E-state index in [0.717, 1.165) is 0 Å². The van der Waals surface area contributed by atoms with E-state index in [1.807, 2.05) is 6.07 Å². The first kappa shape index (κ1) is 12.2. The molecule has 98 valence electrons. The first-order chi connectivity index (χ1) is 9.65. The Kier molecular flexibility index (Phi) is 2.84. The highest BCUT2D eigenvalue weighted by atomic mass is 16.4. The molecule has 4 nitrogen and oxygen atoms in total. The Morgan fingerprint density at radius 2 is 1.65 bits per heavy atom. The summed E-state index contributed by atoms with van der Waals surface area (Å²) in [5.74, 6) is -1.03. The van der Waals surface area contributed by atoms with Gasteiger partial charge in [-0.15, -0.1) is 0 Å². The van der Waals surface area contributed by atoms with Crippen LogP contribution < -0.4 is 0 Å². The van der Waals surface area contributed by atoms with Crippen LogP contribution in [0.4, 0.5) is 0 Å². The van der Waals surface area contributed by atoms with Crippen molar-refractivity contribution in [2.24, 2.45) is 0 Å². The second-order valence-corrected chi connectivity index (χ2v) is 4.36. The number of hydrogen-bond donors (Lipinski definition) is 1. The van der Waals surface area contributed by atoms with Crippen LogP contribution in [0.3, 0.4) is 0 Å². The largest absolute Gasteiger partial charge is 0.478 e. The summed E-state index contributed by atoms with van der Waals surface area (Å²) in [5, 5.41) is 9.54. The van der Waals surface area contributed by atoms with Gasteiger partial charge in [0.15, 0.2) is 5.76 Å². The molecule has 0 aliphatic rings. The number of benzene rings is 2. The number of hydrogen-bond acceptors (Lipinski definition) is 3. The molecule has 20 heavy (non-hydrogen) atoms. The highest BCUT2D eigenvalue weighted by Gasteiger charge is 2.15. The second-order valence-electron chi connectivity index (χ2n) is 4.36. The Morgan fingerprint density at radius 1 is 0.900 bits per heavy atom. The summed E-state index contributed by atoms with van der Waals surface area (Å²) in [7, 11) is 0. The van der Waals surface area contributed by atoms with Gasteiger partial charge < -0.3 is 9.52 Å². The molecule has 1 N–H and O–H groups in total. The minimum atomic E-state index is -1.01. The normalized spacial score (nSPS) is 10.6. The molecule has 0 fully saturated rings. The molecule has 0 aliphatic heterocycles. The van der Waals surface area contributed by atoms with E-state index in [2.05, 4.69) is 0 Å². The number of carboxylic acids is 1. The number of carbonyl (C=O) groups excluding carboxylic acids is 1. The topological polar surface area (TPSA) is 67.5 Å². The van der Waals surface area contributed by atoms with E-state index in [-0.39, 0.29) is 17.1 Å². The predicted molar refractivity (Wildman–Crippen MR) is 73.0 cm³/mol. The minimum Gasteiger partial charge on any atom is -0.478 e. The van der Waals surface area contributed by atoms with Gasteiger partial charge in [-0.1, -0.05) is 30.3 Å². The standard InChI is InChI=1S/C16H10O4/c17-15(10-4-2-1-3-5-10)14-9-12-8-11(16(18)19)6-7-13(12)20-14/h1-9H,(H,18,19). The maximum Gasteiger partial charge on any atom is 0.335 e. The maximum absolute atomic E-state index is 12.2. The summed E-state index contributed by atoms with van der Waals surface area (Å²) in [6, 6.07) is 14.9. The first-order valence-corrected chi connectivity index (χ1v) is 6.02. The molecule has 0 saturated heterocycles. The van der Waals surface area contributed by atoms with E-state index in [1.54, 1.807) is 36.4 Å².